The summed E-state index contributed by atoms with van der Waals surface area (Å²) >= 11 is 0. The Bertz CT molecular complexity index is 341. The molecule has 0 aliphatic rings. The highest BCUT2D eigenvalue weighted by Crippen LogP contribution is 2.05. The van der Waals surface area contributed by atoms with Crippen molar-refractivity contribution in [3.8, 4) is 0 Å². The Morgan fingerprint density at radius 1 is 1.60 bits per heavy atom. The van der Waals surface area contributed by atoms with Gasteiger partial charge in [0.25, 0.3) is 0 Å². The van der Waals surface area contributed by atoms with Gasteiger partial charge in [-0.25, -0.2) is 4.68 Å². The molecule has 0 aromatic carbocycles. The molecule has 0 unspecified atom stereocenters. The highest BCUT2D eigenvalue weighted by Gasteiger charge is 2.14. The Balaban J connectivity index is 2.53. The van der Waals surface area contributed by atoms with Gasteiger partial charge in [-0.3, -0.25) is 4.79 Å². The molecule has 1 rings (SSSR count). The summed E-state index contributed by atoms with van der Waals surface area (Å²) in [5, 5.41) is 25.6. The van der Waals surface area contributed by atoms with Gasteiger partial charge in [0.2, 0.25) is 0 Å². The maximum atomic E-state index is 10.3. The Labute approximate surface area is 87.5 Å². The molecule has 15 heavy (non-hydrogen) atoms. The van der Waals surface area contributed by atoms with E-state index in [1.165, 1.54) is 4.68 Å². The van der Waals surface area contributed by atoms with Gasteiger partial charge in [-0.2, -0.15) is 0 Å². The van der Waals surface area contributed by atoms with E-state index in [1.807, 2.05) is 0 Å². The minimum absolute atomic E-state index is 0.0429. The normalized spacial score (nSPS) is 11.7. The maximum Gasteiger partial charge on any atom is 0.303 e. The first-order valence-electron chi connectivity index (χ1n) is 4.70. The smallest absolute Gasteiger partial charge is 0.303 e. The van der Waals surface area contributed by atoms with Crippen molar-refractivity contribution in [3.05, 3.63) is 11.9 Å². The fourth-order valence-electron chi connectivity index (χ4n) is 1.16. The molecule has 1 heterocycles. The van der Waals surface area contributed by atoms with Crippen molar-refractivity contribution in [3.63, 3.8) is 0 Å². The van der Waals surface area contributed by atoms with E-state index in [1.54, 1.807) is 20.0 Å². The summed E-state index contributed by atoms with van der Waals surface area (Å²) in [5.41, 5.74) is -0.223. The monoisotopic (exact) mass is 213 g/mol. The highest BCUT2D eigenvalue weighted by molar-refractivity contribution is 5.66. The standard InChI is InChI=1S/C9H15N3O3/c1-9(2,15)6-12-5-7(10-11-12)3-4-8(13)14/h5,15H,3-4,6H2,1-2H3,(H,13,14). The number of aliphatic hydroxyl groups is 1. The fourth-order valence-corrected chi connectivity index (χ4v) is 1.16. The van der Waals surface area contributed by atoms with Crippen LogP contribution in [0.15, 0.2) is 6.20 Å². The Morgan fingerprint density at radius 3 is 2.80 bits per heavy atom. The molecule has 0 atom stereocenters. The molecule has 0 fully saturated rings. The van der Waals surface area contributed by atoms with Crippen molar-refractivity contribution >= 4 is 5.97 Å². The lowest BCUT2D eigenvalue weighted by Gasteiger charge is -2.15. The molecule has 0 saturated carbocycles. The number of aliphatic carboxylic acids is 1. The summed E-state index contributed by atoms with van der Waals surface area (Å²) in [4.78, 5) is 10.3. The van der Waals surface area contributed by atoms with E-state index in [0.29, 0.717) is 18.7 Å². The Hall–Kier alpha value is -1.43. The molecular weight excluding hydrogens is 198 g/mol. The SMILES string of the molecule is CC(C)(O)Cn1cc(CCC(=O)O)nn1. The molecule has 1 aromatic rings. The zero-order valence-electron chi connectivity index (χ0n) is 8.84. The highest BCUT2D eigenvalue weighted by atomic mass is 16.4. The maximum absolute atomic E-state index is 10.3. The molecule has 0 bridgehead atoms. The van der Waals surface area contributed by atoms with Gasteiger partial charge in [-0.05, 0) is 13.8 Å². The van der Waals surface area contributed by atoms with Crippen LogP contribution in [-0.2, 0) is 17.8 Å². The second kappa shape index (κ2) is 4.39. The number of carbonyl (C=O) groups is 1. The van der Waals surface area contributed by atoms with Gasteiger partial charge in [-0.15, -0.1) is 5.10 Å². The van der Waals surface area contributed by atoms with Crippen LogP contribution in [0.4, 0.5) is 0 Å². The summed E-state index contributed by atoms with van der Waals surface area (Å²) in [6.07, 6.45) is 2.06. The molecule has 0 aliphatic heterocycles. The molecule has 0 radical (unpaired) electrons. The summed E-state index contributed by atoms with van der Waals surface area (Å²) in [7, 11) is 0. The van der Waals surface area contributed by atoms with Crippen LogP contribution in [-0.4, -0.2) is 36.8 Å². The number of hydrogen-bond acceptors (Lipinski definition) is 4. The third-order valence-corrected chi connectivity index (χ3v) is 1.73. The van der Waals surface area contributed by atoms with Crippen LogP contribution < -0.4 is 0 Å². The van der Waals surface area contributed by atoms with Gasteiger partial charge < -0.3 is 10.2 Å². The van der Waals surface area contributed by atoms with Crippen molar-refractivity contribution < 1.29 is 15.0 Å². The van der Waals surface area contributed by atoms with Gasteiger partial charge in [0.15, 0.2) is 0 Å². The Kier molecular flexibility index (Phi) is 3.41. The molecule has 6 nitrogen and oxygen atoms in total. The predicted octanol–water partition coefficient (Wildman–Crippen LogP) is 0.0662. The number of hydrogen-bond donors (Lipinski definition) is 2. The third-order valence-electron chi connectivity index (χ3n) is 1.73. The molecule has 0 spiro atoms. The van der Waals surface area contributed by atoms with Crippen molar-refractivity contribution in [2.75, 3.05) is 0 Å². The van der Waals surface area contributed by atoms with Crippen molar-refractivity contribution in [2.24, 2.45) is 0 Å². The Morgan fingerprint density at radius 2 is 2.27 bits per heavy atom. The molecule has 84 valence electrons. The second-order valence-corrected chi connectivity index (χ2v) is 4.11. The van der Waals surface area contributed by atoms with Crippen LogP contribution >= 0.6 is 0 Å². The van der Waals surface area contributed by atoms with Gasteiger partial charge in [-0.1, -0.05) is 5.21 Å². The minimum atomic E-state index is -0.855. The van der Waals surface area contributed by atoms with E-state index in [9.17, 15) is 9.90 Å². The lowest BCUT2D eigenvalue weighted by Crippen LogP contribution is -2.26. The van der Waals surface area contributed by atoms with Gasteiger partial charge in [0.05, 0.1) is 24.3 Å². The second-order valence-electron chi connectivity index (χ2n) is 4.11. The largest absolute Gasteiger partial charge is 0.481 e. The summed E-state index contributed by atoms with van der Waals surface area (Å²) in [5.74, 6) is -0.855. The van der Waals surface area contributed by atoms with Crippen molar-refractivity contribution in [2.45, 2.75) is 38.8 Å². The first-order valence-corrected chi connectivity index (χ1v) is 4.70. The van der Waals surface area contributed by atoms with Crippen molar-refractivity contribution in [1.29, 1.82) is 0 Å². The van der Waals surface area contributed by atoms with E-state index in [-0.39, 0.29) is 6.42 Å². The minimum Gasteiger partial charge on any atom is -0.481 e. The average Bonchev–Trinajstić information content (AvgIpc) is 2.45. The van der Waals surface area contributed by atoms with Crippen LogP contribution in [0, 0.1) is 0 Å². The lowest BCUT2D eigenvalue weighted by atomic mass is 10.1. The first-order chi connectivity index (χ1) is 6.87. The number of carboxylic acids is 1. The van der Waals surface area contributed by atoms with Crippen LogP contribution in [0.5, 0.6) is 0 Å². The molecule has 1 aromatic heterocycles. The number of aromatic nitrogens is 3. The topological polar surface area (TPSA) is 88.2 Å². The third kappa shape index (κ3) is 4.55. The number of rotatable bonds is 5. The van der Waals surface area contributed by atoms with Crippen LogP contribution in [0.1, 0.15) is 26.0 Å². The summed E-state index contributed by atoms with van der Waals surface area (Å²) < 4.78 is 1.51. The van der Waals surface area contributed by atoms with Gasteiger partial charge >= 0.3 is 5.97 Å². The van der Waals surface area contributed by atoms with E-state index in [4.69, 9.17) is 5.11 Å². The van der Waals surface area contributed by atoms with E-state index in [2.05, 4.69) is 10.3 Å². The molecule has 0 aliphatic carbocycles. The molecule has 6 heteroatoms. The molecule has 0 amide bonds. The van der Waals surface area contributed by atoms with Crippen LogP contribution in [0.25, 0.3) is 0 Å². The predicted molar refractivity (Wildman–Crippen MR) is 52.3 cm³/mol. The summed E-state index contributed by atoms with van der Waals surface area (Å²) in [6.45, 7) is 3.68. The quantitative estimate of drug-likeness (QED) is 0.722. The van der Waals surface area contributed by atoms with Gasteiger partial charge in [0, 0.05) is 12.6 Å². The molecule has 0 saturated heterocycles. The summed E-state index contributed by atoms with van der Waals surface area (Å²) in [6, 6.07) is 0. The van der Waals surface area contributed by atoms with Gasteiger partial charge in [0.1, 0.15) is 0 Å². The zero-order valence-corrected chi connectivity index (χ0v) is 8.84. The molecule has 2 N–H and O–H groups in total. The fraction of sp³-hybridized carbons (Fsp3) is 0.667. The number of carboxylic acid groups (broad SMARTS) is 1. The average molecular weight is 213 g/mol. The zero-order chi connectivity index (χ0) is 11.5. The van der Waals surface area contributed by atoms with Crippen LogP contribution in [0.2, 0.25) is 0 Å². The molecular formula is C9H15N3O3. The first kappa shape index (κ1) is 11.6. The van der Waals surface area contributed by atoms with E-state index in [0.717, 1.165) is 0 Å². The number of aryl methyl sites for hydroxylation is 1. The van der Waals surface area contributed by atoms with Crippen LogP contribution in [0.3, 0.4) is 0 Å². The van der Waals surface area contributed by atoms with E-state index < -0.39 is 11.6 Å². The lowest BCUT2D eigenvalue weighted by molar-refractivity contribution is -0.136. The van der Waals surface area contributed by atoms with Crippen molar-refractivity contribution in [1.82, 2.24) is 15.0 Å². The number of nitrogens with zero attached hydrogens (tertiary/aromatic N) is 3. The van der Waals surface area contributed by atoms with E-state index >= 15 is 0 Å².